The maximum absolute atomic E-state index is 12.3. The predicted molar refractivity (Wildman–Crippen MR) is 82.4 cm³/mol. The molecule has 2 rings (SSSR count). The molecule has 1 amide bonds. The topological polar surface area (TPSA) is 72.9 Å². The Morgan fingerprint density at radius 3 is 2.48 bits per heavy atom. The zero-order valence-electron chi connectivity index (χ0n) is 12.7. The molecule has 1 aromatic carbocycles. The highest BCUT2D eigenvalue weighted by molar-refractivity contribution is 5.79. The number of hydrogen-bond donors (Lipinski definition) is 2. The van der Waals surface area contributed by atoms with E-state index in [-0.39, 0.29) is 23.9 Å². The van der Waals surface area contributed by atoms with Crippen LogP contribution in [0.4, 0.5) is 0 Å². The Morgan fingerprint density at radius 1 is 1.29 bits per heavy atom. The first-order chi connectivity index (χ1) is 10.0. The van der Waals surface area contributed by atoms with Gasteiger partial charge in [0.15, 0.2) is 0 Å². The molecule has 5 nitrogen and oxygen atoms in total. The maximum atomic E-state index is 12.3. The summed E-state index contributed by atoms with van der Waals surface area (Å²) in [5, 5.41) is 3.06. The van der Waals surface area contributed by atoms with E-state index in [1.807, 2.05) is 62.0 Å². The maximum Gasteiger partial charge on any atom is 0.225 e. The van der Waals surface area contributed by atoms with E-state index in [0.717, 1.165) is 11.4 Å². The minimum atomic E-state index is -0.278. The number of hydrogen-bond acceptors (Lipinski definition) is 3. The second kappa shape index (κ2) is 6.54. The fourth-order valence-electron chi connectivity index (χ4n) is 2.11. The first-order valence-corrected chi connectivity index (χ1v) is 7.09. The normalized spacial score (nSPS) is 15.2. The third kappa shape index (κ3) is 3.49. The van der Waals surface area contributed by atoms with Gasteiger partial charge in [-0.25, -0.2) is 4.98 Å². The van der Waals surface area contributed by atoms with Crippen molar-refractivity contribution in [3.05, 3.63) is 54.1 Å². The molecular formula is C16H22N4O. The van der Waals surface area contributed by atoms with Crippen LogP contribution in [0.1, 0.15) is 31.3 Å². The molecule has 0 fully saturated rings. The fraction of sp³-hybridized carbons (Fsp3) is 0.375. The van der Waals surface area contributed by atoms with Crippen LogP contribution in [-0.2, 0) is 11.8 Å². The Bertz CT molecular complexity index is 591. The summed E-state index contributed by atoms with van der Waals surface area (Å²) in [7, 11) is 1.92. The number of nitrogens with one attached hydrogen (secondary N) is 1. The largest absolute Gasteiger partial charge is 0.342 e. The quantitative estimate of drug-likeness (QED) is 0.877. The Kier molecular flexibility index (Phi) is 4.75. The number of amides is 1. The monoisotopic (exact) mass is 286 g/mol. The Balaban J connectivity index is 2.30. The molecule has 21 heavy (non-hydrogen) atoms. The van der Waals surface area contributed by atoms with E-state index < -0.39 is 0 Å². The molecule has 5 heteroatoms. The van der Waals surface area contributed by atoms with Gasteiger partial charge in [-0.05, 0) is 12.5 Å². The summed E-state index contributed by atoms with van der Waals surface area (Å²) in [6, 6.07) is 9.35. The van der Waals surface area contributed by atoms with Gasteiger partial charge in [-0.3, -0.25) is 4.79 Å². The lowest BCUT2D eigenvalue weighted by molar-refractivity contribution is -0.125. The molecule has 2 aromatic rings. The second-order valence-corrected chi connectivity index (χ2v) is 5.40. The van der Waals surface area contributed by atoms with Crippen molar-refractivity contribution >= 4 is 5.91 Å². The molecule has 112 valence electrons. The molecule has 0 aliphatic rings. The number of nitrogens with two attached hydrogens (primary N) is 1. The molecular weight excluding hydrogens is 264 g/mol. The average Bonchev–Trinajstić information content (AvgIpc) is 2.90. The summed E-state index contributed by atoms with van der Waals surface area (Å²) in [5.41, 5.74) is 6.82. The summed E-state index contributed by atoms with van der Waals surface area (Å²) in [5.74, 6) is 0.477. The van der Waals surface area contributed by atoms with E-state index in [0.29, 0.717) is 0 Å². The summed E-state index contributed by atoms with van der Waals surface area (Å²) in [6.45, 7) is 3.67. The van der Waals surface area contributed by atoms with Crippen molar-refractivity contribution in [2.24, 2.45) is 18.7 Å². The van der Waals surface area contributed by atoms with Gasteiger partial charge in [-0.2, -0.15) is 0 Å². The van der Waals surface area contributed by atoms with Gasteiger partial charge in [0, 0.05) is 31.4 Å². The Morgan fingerprint density at radius 2 is 1.95 bits per heavy atom. The van der Waals surface area contributed by atoms with Crippen molar-refractivity contribution in [3.63, 3.8) is 0 Å². The number of carbonyl (C=O) groups excluding carboxylic acids is 1. The van der Waals surface area contributed by atoms with Crippen molar-refractivity contribution < 1.29 is 4.79 Å². The lowest BCUT2D eigenvalue weighted by Crippen LogP contribution is -2.41. The molecule has 0 saturated carbocycles. The lowest BCUT2D eigenvalue weighted by Gasteiger charge is -2.22. The molecule has 0 bridgehead atoms. The van der Waals surface area contributed by atoms with Crippen LogP contribution in [0.2, 0.25) is 0 Å². The standard InChI is InChI=1S/C16H22N4O/c1-11(12(2)17)16(21)19-14(13-7-5-4-6-8-13)15-18-9-10-20(15)3/h4-12,14H,17H2,1-3H3,(H,19,21). The van der Waals surface area contributed by atoms with Crippen LogP contribution >= 0.6 is 0 Å². The van der Waals surface area contributed by atoms with E-state index in [4.69, 9.17) is 5.73 Å². The Hall–Kier alpha value is -2.14. The van der Waals surface area contributed by atoms with Crippen LogP contribution in [0, 0.1) is 5.92 Å². The van der Waals surface area contributed by atoms with Crippen molar-refractivity contribution in [1.29, 1.82) is 0 Å². The van der Waals surface area contributed by atoms with Gasteiger partial charge in [0.05, 0.1) is 0 Å². The zero-order valence-corrected chi connectivity index (χ0v) is 12.7. The first kappa shape index (κ1) is 15.3. The summed E-state index contributed by atoms with van der Waals surface area (Å²) in [6.07, 6.45) is 3.60. The zero-order chi connectivity index (χ0) is 15.4. The highest BCUT2D eigenvalue weighted by atomic mass is 16.2. The van der Waals surface area contributed by atoms with Crippen LogP contribution in [0.25, 0.3) is 0 Å². The smallest absolute Gasteiger partial charge is 0.225 e. The van der Waals surface area contributed by atoms with Crippen LogP contribution in [0.5, 0.6) is 0 Å². The van der Waals surface area contributed by atoms with E-state index in [1.165, 1.54) is 0 Å². The molecule has 1 heterocycles. The number of nitrogens with zero attached hydrogens (tertiary/aromatic N) is 2. The van der Waals surface area contributed by atoms with E-state index in [9.17, 15) is 4.79 Å². The number of carbonyl (C=O) groups is 1. The van der Waals surface area contributed by atoms with E-state index >= 15 is 0 Å². The summed E-state index contributed by atoms with van der Waals surface area (Å²) >= 11 is 0. The van der Waals surface area contributed by atoms with E-state index in [1.54, 1.807) is 6.20 Å². The van der Waals surface area contributed by atoms with Gasteiger partial charge in [0.1, 0.15) is 11.9 Å². The number of aryl methyl sites for hydroxylation is 1. The molecule has 3 unspecified atom stereocenters. The van der Waals surface area contributed by atoms with Crippen LogP contribution in [-0.4, -0.2) is 21.5 Å². The number of imidazole rings is 1. The van der Waals surface area contributed by atoms with Crippen LogP contribution < -0.4 is 11.1 Å². The minimum Gasteiger partial charge on any atom is -0.342 e. The SMILES string of the molecule is CC(N)C(C)C(=O)NC(c1ccccc1)c1nccn1C. The molecule has 1 aromatic heterocycles. The first-order valence-electron chi connectivity index (χ1n) is 7.09. The van der Waals surface area contributed by atoms with Crippen molar-refractivity contribution in [3.8, 4) is 0 Å². The van der Waals surface area contributed by atoms with Crippen LogP contribution in [0.15, 0.2) is 42.7 Å². The van der Waals surface area contributed by atoms with Gasteiger partial charge < -0.3 is 15.6 Å². The van der Waals surface area contributed by atoms with Crippen molar-refractivity contribution in [1.82, 2.24) is 14.9 Å². The van der Waals surface area contributed by atoms with E-state index in [2.05, 4.69) is 10.3 Å². The minimum absolute atomic E-state index is 0.0677. The average molecular weight is 286 g/mol. The highest BCUT2D eigenvalue weighted by Crippen LogP contribution is 2.20. The summed E-state index contributed by atoms with van der Waals surface area (Å²) < 4.78 is 1.91. The second-order valence-electron chi connectivity index (χ2n) is 5.40. The molecule has 0 aliphatic carbocycles. The lowest BCUT2D eigenvalue weighted by atomic mass is 10.0. The highest BCUT2D eigenvalue weighted by Gasteiger charge is 2.24. The van der Waals surface area contributed by atoms with Crippen molar-refractivity contribution in [2.45, 2.75) is 25.9 Å². The molecule has 0 spiro atoms. The summed E-state index contributed by atoms with van der Waals surface area (Å²) in [4.78, 5) is 16.7. The molecule has 0 aliphatic heterocycles. The number of aromatic nitrogens is 2. The third-order valence-corrected chi connectivity index (χ3v) is 3.74. The number of benzene rings is 1. The van der Waals surface area contributed by atoms with Crippen molar-refractivity contribution in [2.75, 3.05) is 0 Å². The molecule has 3 atom stereocenters. The van der Waals surface area contributed by atoms with Gasteiger partial charge in [-0.1, -0.05) is 37.3 Å². The van der Waals surface area contributed by atoms with Gasteiger partial charge in [-0.15, -0.1) is 0 Å². The van der Waals surface area contributed by atoms with Gasteiger partial charge in [0.25, 0.3) is 0 Å². The van der Waals surface area contributed by atoms with Gasteiger partial charge >= 0.3 is 0 Å². The molecule has 3 N–H and O–H groups in total. The predicted octanol–water partition coefficient (Wildman–Crippen LogP) is 1.61. The third-order valence-electron chi connectivity index (χ3n) is 3.74. The fourth-order valence-corrected chi connectivity index (χ4v) is 2.11. The van der Waals surface area contributed by atoms with Gasteiger partial charge in [0.2, 0.25) is 5.91 Å². The molecule has 0 radical (unpaired) electrons. The molecule has 0 saturated heterocycles. The number of rotatable bonds is 5. The van der Waals surface area contributed by atoms with Crippen LogP contribution in [0.3, 0.4) is 0 Å². The Labute approximate surface area is 125 Å².